The number of nitrogens with zero attached hydrogens (tertiary/aromatic N) is 2. The van der Waals surface area contributed by atoms with Gasteiger partial charge in [-0.2, -0.15) is 0 Å². The summed E-state index contributed by atoms with van der Waals surface area (Å²) in [6.45, 7) is 0. The van der Waals surface area contributed by atoms with Crippen molar-refractivity contribution in [3.8, 4) is 0 Å². The van der Waals surface area contributed by atoms with Crippen molar-refractivity contribution in [3.63, 3.8) is 0 Å². The van der Waals surface area contributed by atoms with E-state index in [-0.39, 0.29) is 7.05 Å². The van der Waals surface area contributed by atoms with Gasteiger partial charge in [0.2, 0.25) is 5.84 Å². The molecule has 1 aromatic heterocycles. The first-order valence-corrected chi connectivity index (χ1v) is 8.77. The van der Waals surface area contributed by atoms with Gasteiger partial charge in [-0.15, -0.1) is 0 Å². The topological polar surface area (TPSA) is 38.0 Å². The fourth-order valence-electron chi connectivity index (χ4n) is 2.59. The Morgan fingerprint density at radius 3 is 2.38 bits per heavy atom. The number of furan rings is 1. The zero-order valence-electron chi connectivity index (χ0n) is 12.4. The molecule has 2 aromatic carbocycles. The first-order chi connectivity index (χ1) is 11.7. The molecular formula is C17H11BClIN2O2. The van der Waals surface area contributed by atoms with Crippen LogP contribution in [-0.4, -0.2) is 12.9 Å². The highest BCUT2D eigenvalue weighted by atomic mass is 127. The summed E-state index contributed by atoms with van der Waals surface area (Å²) in [5.41, 5.74) is 1.97. The average Bonchev–Trinajstić information content (AvgIpc) is 3.22. The predicted molar refractivity (Wildman–Crippen MR) is 105 cm³/mol. The number of rotatable bonds is 3. The van der Waals surface area contributed by atoms with E-state index in [2.05, 4.69) is 27.7 Å². The van der Waals surface area contributed by atoms with Crippen molar-refractivity contribution in [1.82, 2.24) is 0 Å². The molecule has 118 valence electrons. The molecule has 1 aliphatic rings. The molecule has 24 heavy (non-hydrogen) atoms. The maximum atomic E-state index is 5.92. The van der Waals surface area contributed by atoms with Gasteiger partial charge in [-0.05, 0) is 76.1 Å². The van der Waals surface area contributed by atoms with Crippen molar-refractivity contribution in [2.45, 2.75) is 0 Å². The van der Waals surface area contributed by atoms with Crippen molar-refractivity contribution in [3.05, 3.63) is 81.3 Å². The van der Waals surface area contributed by atoms with E-state index < -0.39 is 0 Å². The highest BCUT2D eigenvalue weighted by Crippen LogP contribution is 2.26. The zero-order chi connectivity index (χ0) is 16.5. The average molecular weight is 448 g/mol. The molecule has 4 rings (SSSR count). The van der Waals surface area contributed by atoms with Crippen LogP contribution in [0.1, 0.15) is 5.76 Å². The van der Waals surface area contributed by atoms with Gasteiger partial charge in [0, 0.05) is 9.26 Å². The van der Waals surface area contributed by atoms with Crippen molar-refractivity contribution < 1.29 is 9.17 Å². The Morgan fingerprint density at radius 2 is 1.71 bits per heavy atom. The van der Waals surface area contributed by atoms with E-state index in [4.69, 9.17) is 20.8 Å². The fourth-order valence-corrected chi connectivity index (χ4v) is 3.09. The molecule has 0 spiro atoms. The van der Waals surface area contributed by atoms with Crippen LogP contribution in [0.4, 0.5) is 5.69 Å². The molecule has 0 amide bonds. The number of oxime groups is 1. The summed E-state index contributed by atoms with van der Waals surface area (Å²) in [7, 11) is -0.356. The maximum absolute atomic E-state index is 5.92. The van der Waals surface area contributed by atoms with Crippen LogP contribution in [0, 0.1) is 3.57 Å². The minimum absolute atomic E-state index is 0.318. The molecule has 0 atom stereocenters. The summed E-state index contributed by atoms with van der Waals surface area (Å²) in [4.78, 5) is 2.00. The van der Waals surface area contributed by atoms with E-state index in [1.54, 1.807) is 12.1 Å². The molecule has 0 unspecified atom stereocenters. The predicted octanol–water partition coefficient (Wildman–Crippen LogP) is 4.13. The number of amidine groups is 1. The van der Waals surface area contributed by atoms with Crippen molar-refractivity contribution in [2.24, 2.45) is 5.16 Å². The minimum Gasteiger partial charge on any atom is -0.441 e. The Kier molecular flexibility index (Phi) is 4.24. The Bertz CT molecular complexity index is 883. The molecule has 4 nitrogen and oxygen atoms in total. The molecule has 0 N–H and O–H groups in total. The summed E-state index contributed by atoms with van der Waals surface area (Å²) < 4.78 is 12.4. The molecular weight excluding hydrogens is 437 g/mol. The van der Waals surface area contributed by atoms with E-state index in [0.29, 0.717) is 16.8 Å². The van der Waals surface area contributed by atoms with Gasteiger partial charge in [-0.25, -0.2) is 0 Å². The van der Waals surface area contributed by atoms with Crippen LogP contribution in [0.3, 0.4) is 0 Å². The highest BCUT2D eigenvalue weighted by Gasteiger charge is 2.41. The molecule has 0 fully saturated rings. The van der Waals surface area contributed by atoms with Gasteiger partial charge >= 0.3 is 7.05 Å². The number of benzene rings is 2. The van der Waals surface area contributed by atoms with Gasteiger partial charge in [0.05, 0.1) is 0 Å². The molecule has 0 aliphatic carbocycles. The van der Waals surface area contributed by atoms with Crippen molar-refractivity contribution >= 4 is 58.2 Å². The monoisotopic (exact) mass is 448 g/mol. The molecule has 0 saturated carbocycles. The van der Waals surface area contributed by atoms with E-state index in [1.807, 2.05) is 59.4 Å². The third kappa shape index (κ3) is 2.91. The van der Waals surface area contributed by atoms with Crippen LogP contribution in [0.15, 0.2) is 76.3 Å². The summed E-state index contributed by atoms with van der Waals surface area (Å²) in [6.07, 6.45) is 0. The lowest BCUT2D eigenvalue weighted by Crippen LogP contribution is -2.48. The largest absolute Gasteiger partial charge is 0.550 e. The van der Waals surface area contributed by atoms with Gasteiger partial charge in [-0.1, -0.05) is 35.5 Å². The third-order valence-electron chi connectivity index (χ3n) is 3.68. The van der Waals surface area contributed by atoms with Gasteiger partial charge in [0.15, 0.2) is 11.0 Å². The summed E-state index contributed by atoms with van der Waals surface area (Å²) >= 11 is 8.21. The number of hydrogen-bond donors (Lipinski definition) is 0. The van der Waals surface area contributed by atoms with E-state index in [0.717, 1.165) is 14.7 Å². The lowest BCUT2D eigenvalue weighted by molar-refractivity contribution is 0.366. The first-order valence-electron chi connectivity index (χ1n) is 7.31. The number of anilines is 1. The van der Waals surface area contributed by atoms with Crippen LogP contribution in [0.5, 0.6) is 0 Å². The maximum Gasteiger partial charge on any atom is 0.550 e. The second kappa shape index (κ2) is 6.53. The third-order valence-corrected chi connectivity index (χ3v) is 4.61. The molecule has 0 bridgehead atoms. The van der Waals surface area contributed by atoms with Gasteiger partial charge in [0.1, 0.15) is 0 Å². The Labute approximate surface area is 158 Å². The van der Waals surface area contributed by atoms with Crippen LogP contribution in [-0.2, 0) is 4.76 Å². The first kappa shape index (κ1) is 15.6. The van der Waals surface area contributed by atoms with Crippen LogP contribution < -0.4 is 10.3 Å². The van der Waals surface area contributed by atoms with Crippen LogP contribution in [0.2, 0.25) is 5.22 Å². The Morgan fingerprint density at radius 1 is 0.958 bits per heavy atom. The van der Waals surface area contributed by atoms with Crippen molar-refractivity contribution in [2.75, 3.05) is 4.81 Å². The van der Waals surface area contributed by atoms with E-state index in [9.17, 15) is 0 Å². The fraction of sp³-hybridized carbons (Fsp3) is 0. The Balaban J connectivity index is 1.78. The number of hydrogen-bond acceptors (Lipinski definition) is 4. The van der Waals surface area contributed by atoms with Gasteiger partial charge in [-0.3, -0.25) is 0 Å². The lowest BCUT2D eigenvalue weighted by atomic mass is 9.71. The summed E-state index contributed by atoms with van der Waals surface area (Å²) in [6, 6.07) is 21.6. The van der Waals surface area contributed by atoms with E-state index >= 15 is 0 Å². The SMILES string of the molecule is Clc1ccc(C2=NOB(c3ccccc3)N2c2ccc(I)cc2)o1. The quantitative estimate of drug-likeness (QED) is 0.447. The van der Waals surface area contributed by atoms with Gasteiger partial charge in [0.25, 0.3) is 0 Å². The number of halogens is 2. The zero-order valence-corrected chi connectivity index (χ0v) is 15.3. The molecule has 0 saturated heterocycles. The lowest BCUT2D eigenvalue weighted by Gasteiger charge is -2.22. The standard InChI is InChI=1S/C17H11BClIN2O2/c19-16-11-10-15(23-16)17-21-24-18(12-4-2-1-3-5-12)22(17)14-8-6-13(20)7-9-14/h1-11H. The summed E-state index contributed by atoms with van der Waals surface area (Å²) in [5.74, 6) is 1.16. The molecule has 0 radical (unpaired) electrons. The smallest absolute Gasteiger partial charge is 0.441 e. The minimum atomic E-state index is -0.356. The van der Waals surface area contributed by atoms with Crippen LogP contribution in [0.25, 0.3) is 0 Å². The second-order valence-electron chi connectivity index (χ2n) is 5.23. The second-order valence-corrected chi connectivity index (χ2v) is 6.85. The van der Waals surface area contributed by atoms with E-state index in [1.165, 1.54) is 0 Å². The molecule has 2 heterocycles. The molecule has 1 aliphatic heterocycles. The highest BCUT2D eigenvalue weighted by molar-refractivity contribution is 14.1. The summed E-state index contributed by atoms with van der Waals surface area (Å²) in [5, 5.41) is 4.56. The molecule has 7 heteroatoms. The normalized spacial score (nSPS) is 13.8. The van der Waals surface area contributed by atoms with Crippen molar-refractivity contribution in [1.29, 1.82) is 0 Å². The Hall–Kier alpha value is -1.93. The molecule has 3 aromatic rings. The van der Waals surface area contributed by atoms with Gasteiger partial charge < -0.3 is 14.0 Å². The van der Waals surface area contributed by atoms with Crippen LogP contribution >= 0.6 is 34.2 Å².